The third-order valence-electron chi connectivity index (χ3n) is 9.93. The van der Waals surface area contributed by atoms with E-state index in [9.17, 15) is 0 Å². The zero-order valence-electron chi connectivity index (χ0n) is 26.5. The predicted octanol–water partition coefficient (Wildman–Crippen LogP) is 10.2. The van der Waals surface area contributed by atoms with Gasteiger partial charge in [0.05, 0.1) is 11.2 Å². The van der Waals surface area contributed by atoms with Crippen LogP contribution in [0.3, 0.4) is 0 Å². The minimum Gasteiger partial charge on any atom is -0.457 e. The molecular formula is C42H27FN4OPt. The molecular weight excluding hydrogens is 791 g/mol. The summed E-state index contributed by atoms with van der Waals surface area (Å²) in [4.78, 5) is 9.46. The predicted molar refractivity (Wildman–Crippen MR) is 188 cm³/mol. The second-order valence-corrected chi connectivity index (χ2v) is 13.0. The van der Waals surface area contributed by atoms with Gasteiger partial charge in [0, 0.05) is 51.4 Å². The van der Waals surface area contributed by atoms with Gasteiger partial charge in [-0.2, -0.15) is 18.2 Å². The van der Waals surface area contributed by atoms with Gasteiger partial charge in [-0.3, -0.25) is 4.98 Å². The Labute approximate surface area is 295 Å². The molecule has 5 nitrogen and oxygen atoms in total. The fourth-order valence-corrected chi connectivity index (χ4v) is 7.73. The number of hydrogen-bond donors (Lipinski definition) is 0. The Morgan fingerprint density at radius 3 is 2.39 bits per heavy atom. The van der Waals surface area contributed by atoms with Crippen molar-refractivity contribution in [1.29, 1.82) is 0 Å². The van der Waals surface area contributed by atoms with Gasteiger partial charge >= 0.3 is 21.1 Å². The molecule has 0 N–H and O–H groups in total. The molecule has 1 unspecified atom stereocenters. The van der Waals surface area contributed by atoms with Crippen molar-refractivity contribution in [2.75, 3.05) is 0 Å². The van der Waals surface area contributed by atoms with Gasteiger partial charge in [-0.05, 0) is 41.8 Å². The molecule has 0 spiro atoms. The molecule has 5 aromatic carbocycles. The molecule has 0 fully saturated rings. The van der Waals surface area contributed by atoms with Crippen LogP contribution in [0.4, 0.5) is 4.39 Å². The third kappa shape index (κ3) is 4.20. The van der Waals surface area contributed by atoms with Crippen LogP contribution < -0.4 is 4.74 Å². The molecule has 1 atom stereocenters. The molecule has 7 heteroatoms. The van der Waals surface area contributed by atoms with Crippen molar-refractivity contribution < 1.29 is 30.2 Å². The summed E-state index contributed by atoms with van der Waals surface area (Å²) in [5, 5.41) is 4.92. The van der Waals surface area contributed by atoms with Crippen molar-refractivity contribution in [2.24, 2.45) is 0 Å². The fourth-order valence-electron chi connectivity index (χ4n) is 7.73. The maximum Gasteiger partial charge on any atom is 2.00 e. The fraction of sp³-hybridized carbons (Fsp3) is 0.0952. The number of aromatic nitrogens is 4. The van der Waals surface area contributed by atoms with Crippen LogP contribution in [0.1, 0.15) is 42.3 Å². The first kappa shape index (κ1) is 29.8. The quantitative estimate of drug-likeness (QED) is 0.132. The van der Waals surface area contributed by atoms with Gasteiger partial charge in [-0.1, -0.05) is 72.3 Å². The molecule has 4 aromatic heterocycles. The van der Waals surface area contributed by atoms with Crippen molar-refractivity contribution in [3.63, 3.8) is 0 Å². The maximum atomic E-state index is 16.7. The second-order valence-electron chi connectivity index (χ2n) is 13.0. The summed E-state index contributed by atoms with van der Waals surface area (Å²) in [6.07, 6.45) is 4.05. The summed E-state index contributed by atoms with van der Waals surface area (Å²) < 4.78 is 27.4. The summed E-state index contributed by atoms with van der Waals surface area (Å²) in [7, 11) is 0. The van der Waals surface area contributed by atoms with E-state index in [0.29, 0.717) is 16.8 Å². The Hall–Kier alpha value is -5.32. The van der Waals surface area contributed by atoms with Gasteiger partial charge in [0.1, 0.15) is 23.3 Å². The number of hydrogen-bond acceptors (Lipinski definition) is 3. The first-order valence-electron chi connectivity index (χ1n) is 16.1. The molecule has 10 rings (SSSR count). The Balaban J connectivity index is 0.00000325. The number of alkyl halides is 1. The zero-order chi connectivity index (χ0) is 32.1. The molecule has 0 bridgehead atoms. The van der Waals surface area contributed by atoms with Crippen LogP contribution in [0.25, 0.3) is 54.9 Å². The van der Waals surface area contributed by atoms with Gasteiger partial charge in [-0.15, -0.1) is 29.8 Å². The molecule has 1 aliphatic rings. The molecule has 0 aliphatic carbocycles. The Morgan fingerprint density at radius 1 is 0.694 bits per heavy atom. The second kappa shape index (κ2) is 10.8. The molecule has 1 aliphatic heterocycles. The number of fused-ring (bicyclic) bond motifs is 12. The first-order chi connectivity index (χ1) is 23.5. The molecule has 0 saturated carbocycles. The van der Waals surface area contributed by atoms with E-state index in [1.165, 1.54) is 0 Å². The van der Waals surface area contributed by atoms with Gasteiger partial charge in [-0.25, -0.2) is 9.37 Å². The molecule has 5 heterocycles. The SMILES string of the molecule is CC1(C)c2ccccc2Oc2ccc3c4cccnc4n(-c4[c-]c(C(F)c5[c-]c6c(cc5)c5ccccc5n5ccnc65)ccc4)c3c21.[Pt+2]. The smallest absolute Gasteiger partial charge is 0.457 e. The molecule has 49 heavy (non-hydrogen) atoms. The third-order valence-corrected chi connectivity index (χ3v) is 9.93. The van der Waals surface area contributed by atoms with Crippen molar-refractivity contribution in [2.45, 2.75) is 25.4 Å². The summed E-state index contributed by atoms with van der Waals surface area (Å²) in [5.41, 5.74) is 6.92. The average molecular weight is 818 g/mol. The van der Waals surface area contributed by atoms with Crippen molar-refractivity contribution in [3.8, 4) is 17.2 Å². The standard InChI is InChI=1S/C42H27FN4O.Pt/c1-42(2)33-13-4-6-15-35(33)48-36-19-18-30-31-12-8-20-44-41(31)47(39(30)37(36)42)27-10-7-9-25(23-27)38(43)26-16-17-28-29-11-3-5-14-34(29)46-22-21-45-40(46)32(28)24-26;/h3-22,38H,1-2H3;/q-2;+2. The van der Waals surface area contributed by atoms with Crippen LogP contribution in [-0.2, 0) is 26.5 Å². The average Bonchev–Trinajstić information content (AvgIpc) is 3.75. The van der Waals surface area contributed by atoms with Gasteiger partial charge < -0.3 is 13.7 Å². The van der Waals surface area contributed by atoms with E-state index in [1.807, 2.05) is 65.2 Å². The van der Waals surface area contributed by atoms with Gasteiger partial charge in [0.25, 0.3) is 0 Å². The van der Waals surface area contributed by atoms with E-state index < -0.39 is 6.17 Å². The monoisotopic (exact) mass is 817 g/mol. The largest absolute Gasteiger partial charge is 2.00 e. The zero-order valence-corrected chi connectivity index (χ0v) is 28.8. The number of pyridine rings is 2. The number of halogens is 1. The van der Waals surface area contributed by atoms with E-state index in [1.54, 1.807) is 18.5 Å². The summed E-state index contributed by atoms with van der Waals surface area (Å²) >= 11 is 0. The molecule has 0 radical (unpaired) electrons. The van der Waals surface area contributed by atoms with Crippen LogP contribution >= 0.6 is 0 Å². The number of nitrogens with zero attached hydrogens (tertiary/aromatic N) is 4. The van der Waals surface area contributed by atoms with Crippen LogP contribution in [0.15, 0.2) is 122 Å². The Kier molecular flexibility index (Phi) is 6.59. The van der Waals surface area contributed by atoms with E-state index in [4.69, 9.17) is 9.72 Å². The molecule has 238 valence electrons. The number of ether oxygens (including phenoxy) is 1. The van der Waals surface area contributed by atoms with E-state index >= 15 is 4.39 Å². The summed E-state index contributed by atoms with van der Waals surface area (Å²) in [6, 6.07) is 40.9. The molecule has 9 aromatic rings. The normalized spacial score (nSPS) is 14.1. The molecule has 0 saturated heterocycles. The van der Waals surface area contributed by atoms with Crippen LogP contribution in [0.2, 0.25) is 0 Å². The van der Waals surface area contributed by atoms with E-state index in [2.05, 4.69) is 78.0 Å². The van der Waals surface area contributed by atoms with Crippen molar-refractivity contribution in [3.05, 3.63) is 156 Å². The van der Waals surface area contributed by atoms with Gasteiger partial charge in [0.15, 0.2) is 0 Å². The number of rotatable bonds is 3. The number of para-hydroxylation sites is 2. The van der Waals surface area contributed by atoms with Crippen LogP contribution in [-0.4, -0.2) is 18.9 Å². The van der Waals surface area contributed by atoms with Crippen molar-refractivity contribution >= 4 is 49.3 Å². The maximum absolute atomic E-state index is 16.7. The Morgan fingerprint density at radius 2 is 1.47 bits per heavy atom. The summed E-state index contributed by atoms with van der Waals surface area (Å²) in [6.45, 7) is 4.46. The summed E-state index contributed by atoms with van der Waals surface area (Å²) in [5.74, 6) is 1.66. The van der Waals surface area contributed by atoms with E-state index in [-0.39, 0.29) is 26.5 Å². The van der Waals surface area contributed by atoms with E-state index in [0.717, 1.165) is 71.9 Å². The van der Waals surface area contributed by atoms with Gasteiger partial charge in [0.2, 0.25) is 0 Å². The first-order valence-corrected chi connectivity index (χ1v) is 16.1. The number of imidazole rings is 1. The minimum atomic E-state index is -1.46. The van der Waals surface area contributed by atoms with Crippen molar-refractivity contribution in [1.82, 2.24) is 18.9 Å². The van der Waals surface area contributed by atoms with Crippen LogP contribution in [0.5, 0.6) is 11.5 Å². The topological polar surface area (TPSA) is 44.4 Å². The molecule has 0 amide bonds. The Bertz CT molecular complexity index is 2780. The number of benzene rings is 5. The van der Waals surface area contributed by atoms with Crippen LogP contribution in [0, 0.1) is 12.1 Å². The minimum absolute atomic E-state index is 0.